The molecule has 0 aliphatic carbocycles. The maximum absolute atomic E-state index is 11.2. The summed E-state index contributed by atoms with van der Waals surface area (Å²) in [5.74, 6) is -0.531. The van der Waals surface area contributed by atoms with Crippen molar-refractivity contribution in [2.75, 3.05) is 11.0 Å². The average Bonchev–Trinajstić information content (AvgIpc) is 2.41. The van der Waals surface area contributed by atoms with Gasteiger partial charge in [0.2, 0.25) is 10.0 Å². The number of hydrogen-bond donors (Lipinski definition) is 2. The Morgan fingerprint density at radius 1 is 1.14 bits per heavy atom. The van der Waals surface area contributed by atoms with E-state index in [9.17, 15) is 18.3 Å². The van der Waals surface area contributed by atoms with Gasteiger partial charge < -0.3 is 9.84 Å². The molecule has 0 unspecified atom stereocenters. The van der Waals surface area contributed by atoms with E-state index in [1.807, 2.05) is 0 Å². The lowest BCUT2D eigenvalue weighted by molar-refractivity contribution is 0.0697. The van der Waals surface area contributed by atoms with Gasteiger partial charge in [0.1, 0.15) is 11.5 Å². The smallest absolute Gasteiger partial charge is 0.337 e. The van der Waals surface area contributed by atoms with Crippen molar-refractivity contribution in [3.63, 3.8) is 0 Å². The second-order valence-electron chi connectivity index (χ2n) is 4.44. The molecule has 0 fully saturated rings. The van der Waals surface area contributed by atoms with Gasteiger partial charge in [-0.1, -0.05) is 11.6 Å². The fraction of sp³-hybridized carbons (Fsp3) is 0.0714. The second-order valence-corrected chi connectivity index (χ2v) is 6.63. The molecule has 6 nitrogen and oxygen atoms in total. The number of ether oxygens (including phenoxy) is 1. The molecular weight excluding hydrogens is 330 g/mol. The number of nitrogens with one attached hydrogen (secondary N) is 1. The van der Waals surface area contributed by atoms with Crippen LogP contribution in [0.4, 0.5) is 5.69 Å². The van der Waals surface area contributed by atoms with Gasteiger partial charge in [0.25, 0.3) is 0 Å². The van der Waals surface area contributed by atoms with E-state index in [4.69, 9.17) is 16.3 Å². The van der Waals surface area contributed by atoms with Gasteiger partial charge in [-0.2, -0.15) is 0 Å². The van der Waals surface area contributed by atoms with Crippen molar-refractivity contribution in [2.45, 2.75) is 0 Å². The van der Waals surface area contributed by atoms with Crippen LogP contribution in [0.5, 0.6) is 11.5 Å². The van der Waals surface area contributed by atoms with Crippen LogP contribution in [0.15, 0.2) is 42.5 Å². The Morgan fingerprint density at radius 2 is 1.73 bits per heavy atom. The van der Waals surface area contributed by atoms with E-state index in [1.165, 1.54) is 18.2 Å². The Bertz CT molecular complexity index is 802. The van der Waals surface area contributed by atoms with Crippen LogP contribution in [0.25, 0.3) is 0 Å². The number of sulfonamides is 1. The Kier molecular flexibility index (Phi) is 4.58. The predicted molar refractivity (Wildman–Crippen MR) is 83.4 cm³/mol. The Hall–Kier alpha value is -2.25. The standard InChI is InChI=1S/C14H12ClNO5S/c1-22(19,20)16-13-7-6-11(8-12(13)14(17)18)21-10-4-2-9(15)3-5-10/h2-8,16H,1H3,(H,17,18). The zero-order chi connectivity index (χ0) is 16.3. The maximum atomic E-state index is 11.2. The molecule has 2 rings (SSSR count). The number of hydrogen-bond acceptors (Lipinski definition) is 4. The summed E-state index contributed by atoms with van der Waals surface area (Å²) in [6, 6.07) is 10.6. The fourth-order valence-electron chi connectivity index (χ4n) is 1.69. The minimum atomic E-state index is -3.58. The van der Waals surface area contributed by atoms with Gasteiger partial charge in [0, 0.05) is 5.02 Å². The third-order valence-corrected chi connectivity index (χ3v) is 3.41. The molecule has 8 heteroatoms. The van der Waals surface area contributed by atoms with E-state index in [2.05, 4.69) is 4.72 Å². The zero-order valence-electron chi connectivity index (χ0n) is 11.4. The highest BCUT2D eigenvalue weighted by Gasteiger charge is 2.15. The molecule has 0 aliphatic rings. The van der Waals surface area contributed by atoms with E-state index in [1.54, 1.807) is 24.3 Å². The van der Waals surface area contributed by atoms with Crippen molar-refractivity contribution < 1.29 is 23.1 Å². The molecule has 0 spiro atoms. The van der Waals surface area contributed by atoms with E-state index < -0.39 is 16.0 Å². The second kappa shape index (κ2) is 6.25. The van der Waals surface area contributed by atoms with E-state index in [0.717, 1.165) is 6.26 Å². The molecule has 2 aromatic rings. The number of anilines is 1. The Labute approximate surface area is 132 Å². The maximum Gasteiger partial charge on any atom is 0.337 e. The molecule has 0 heterocycles. The van der Waals surface area contributed by atoms with Gasteiger partial charge in [-0.15, -0.1) is 0 Å². The van der Waals surface area contributed by atoms with Crippen LogP contribution in [0.3, 0.4) is 0 Å². The Balaban J connectivity index is 2.33. The molecule has 0 saturated heterocycles. The van der Waals surface area contributed by atoms with Crippen molar-refractivity contribution in [1.29, 1.82) is 0 Å². The normalized spacial score (nSPS) is 11.0. The highest BCUT2D eigenvalue weighted by Crippen LogP contribution is 2.27. The topological polar surface area (TPSA) is 92.7 Å². The van der Waals surface area contributed by atoms with Crippen LogP contribution in [0.1, 0.15) is 10.4 Å². The number of carbonyl (C=O) groups is 1. The molecule has 0 saturated carbocycles. The van der Waals surface area contributed by atoms with Crippen molar-refractivity contribution in [1.82, 2.24) is 0 Å². The summed E-state index contributed by atoms with van der Waals surface area (Å²) in [5.41, 5.74) is -0.240. The van der Waals surface area contributed by atoms with Crippen LogP contribution in [-0.4, -0.2) is 25.7 Å². The van der Waals surface area contributed by atoms with Crippen LogP contribution >= 0.6 is 11.6 Å². The summed E-state index contributed by atoms with van der Waals surface area (Å²) in [6.07, 6.45) is 0.941. The van der Waals surface area contributed by atoms with Crippen LogP contribution in [0, 0.1) is 0 Å². The first-order chi connectivity index (χ1) is 10.2. The summed E-state index contributed by atoms with van der Waals surface area (Å²) in [4.78, 5) is 11.2. The lowest BCUT2D eigenvalue weighted by Gasteiger charge is -2.11. The minimum Gasteiger partial charge on any atom is -0.478 e. The van der Waals surface area contributed by atoms with Crippen molar-refractivity contribution in [3.05, 3.63) is 53.1 Å². The summed E-state index contributed by atoms with van der Waals surface area (Å²) in [5, 5.41) is 9.73. The SMILES string of the molecule is CS(=O)(=O)Nc1ccc(Oc2ccc(Cl)cc2)cc1C(=O)O. The summed E-state index contributed by atoms with van der Waals surface area (Å²) in [6.45, 7) is 0. The lowest BCUT2D eigenvalue weighted by Crippen LogP contribution is -2.13. The first kappa shape index (κ1) is 16.1. The van der Waals surface area contributed by atoms with Gasteiger partial charge in [0.15, 0.2) is 0 Å². The van der Waals surface area contributed by atoms with Crippen LogP contribution < -0.4 is 9.46 Å². The first-order valence-electron chi connectivity index (χ1n) is 6.03. The molecule has 0 amide bonds. The minimum absolute atomic E-state index is 0.0292. The number of aromatic carboxylic acids is 1. The third-order valence-electron chi connectivity index (χ3n) is 2.57. The quantitative estimate of drug-likeness (QED) is 0.871. The molecule has 0 aromatic heterocycles. The monoisotopic (exact) mass is 341 g/mol. The number of carboxylic acids is 1. The number of carboxylic acid groups (broad SMARTS) is 1. The van der Waals surface area contributed by atoms with E-state index >= 15 is 0 Å². The van der Waals surface area contributed by atoms with Gasteiger partial charge in [0.05, 0.1) is 17.5 Å². The van der Waals surface area contributed by atoms with Crippen LogP contribution in [0.2, 0.25) is 5.02 Å². The van der Waals surface area contributed by atoms with Crippen molar-refractivity contribution >= 4 is 33.3 Å². The van der Waals surface area contributed by atoms with Gasteiger partial charge in [-0.25, -0.2) is 13.2 Å². The number of halogens is 1. The summed E-state index contributed by atoms with van der Waals surface area (Å²) in [7, 11) is -3.58. The molecule has 0 bridgehead atoms. The van der Waals surface area contributed by atoms with Crippen molar-refractivity contribution in [3.8, 4) is 11.5 Å². The molecule has 0 radical (unpaired) electrons. The lowest BCUT2D eigenvalue weighted by atomic mass is 10.2. The molecule has 116 valence electrons. The molecule has 22 heavy (non-hydrogen) atoms. The highest BCUT2D eigenvalue weighted by atomic mass is 35.5. The first-order valence-corrected chi connectivity index (χ1v) is 8.30. The third kappa shape index (κ3) is 4.37. The average molecular weight is 342 g/mol. The molecular formula is C14H12ClNO5S. The fourth-order valence-corrected chi connectivity index (χ4v) is 2.39. The highest BCUT2D eigenvalue weighted by molar-refractivity contribution is 7.92. The van der Waals surface area contributed by atoms with Crippen LogP contribution in [-0.2, 0) is 10.0 Å². The van der Waals surface area contributed by atoms with Gasteiger partial charge in [-0.3, -0.25) is 4.72 Å². The molecule has 0 atom stereocenters. The van der Waals surface area contributed by atoms with Gasteiger partial charge in [-0.05, 0) is 42.5 Å². The molecule has 2 aromatic carbocycles. The summed E-state index contributed by atoms with van der Waals surface area (Å²) < 4.78 is 30.1. The summed E-state index contributed by atoms with van der Waals surface area (Å²) >= 11 is 5.77. The molecule has 0 aliphatic heterocycles. The zero-order valence-corrected chi connectivity index (χ0v) is 13.0. The largest absolute Gasteiger partial charge is 0.478 e. The van der Waals surface area contributed by atoms with Gasteiger partial charge >= 0.3 is 5.97 Å². The van der Waals surface area contributed by atoms with E-state index in [-0.39, 0.29) is 17.0 Å². The Morgan fingerprint density at radius 3 is 2.27 bits per heavy atom. The number of benzene rings is 2. The van der Waals surface area contributed by atoms with Crippen molar-refractivity contribution in [2.24, 2.45) is 0 Å². The number of rotatable bonds is 5. The predicted octanol–water partition coefficient (Wildman–Crippen LogP) is 3.20. The van der Waals surface area contributed by atoms with E-state index in [0.29, 0.717) is 10.8 Å². The molecule has 2 N–H and O–H groups in total.